The number of carbonyl (C=O) groups is 2. The minimum absolute atomic E-state index is 0.170. The average Bonchev–Trinajstić information content (AvgIpc) is 2.74. The van der Waals surface area contributed by atoms with Crippen LogP contribution < -0.4 is 10.6 Å². The molecule has 3 aromatic rings. The number of thiocarbonyl (C=S) groups is 1. The van der Waals surface area contributed by atoms with E-state index in [1.807, 2.05) is 13.0 Å². The first-order chi connectivity index (χ1) is 15.7. The van der Waals surface area contributed by atoms with Crippen LogP contribution in [0.25, 0.3) is 0 Å². The second kappa shape index (κ2) is 11.0. The van der Waals surface area contributed by atoms with Crippen molar-refractivity contribution in [1.82, 2.24) is 5.32 Å². The van der Waals surface area contributed by atoms with Gasteiger partial charge in [-0.2, -0.15) is 0 Å². The van der Waals surface area contributed by atoms with Crippen LogP contribution in [0.2, 0.25) is 15.1 Å². The summed E-state index contributed by atoms with van der Waals surface area (Å²) < 4.78 is 0. The van der Waals surface area contributed by atoms with Crippen LogP contribution in [-0.4, -0.2) is 28.0 Å². The third-order valence-corrected chi connectivity index (χ3v) is 6.16. The number of aryl methyl sites for hydroxylation is 1. The monoisotopic (exact) mass is 520 g/mol. The Bertz CT molecular complexity index is 1180. The zero-order chi connectivity index (χ0) is 24.1. The van der Waals surface area contributed by atoms with Gasteiger partial charge in [-0.1, -0.05) is 77.4 Å². The predicted molar refractivity (Wildman–Crippen MR) is 137 cm³/mol. The Labute approximate surface area is 211 Å². The van der Waals surface area contributed by atoms with Gasteiger partial charge in [-0.15, -0.1) is 0 Å². The zero-order valence-corrected chi connectivity index (χ0v) is 20.4. The number of carboxylic acids is 1. The summed E-state index contributed by atoms with van der Waals surface area (Å²) in [4.78, 5) is 24.6. The number of benzene rings is 3. The predicted octanol–water partition coefficient (Wildman–Crippen LogP) is 6.17. The zero-order valence-electron chi connectivity index (χ0n) is 17.4. The Morgan fingerprint density at radius 2 is 1.45 bits per heavy atom. The number of carbonyl (C=O) groups excluding carboxylic acids is 1. The number of aliphatic carboxylic acids is 1. The maximum Gasteiger partial charge on any atom is 0.326 e. The van der Waals surface area contributed by atoms with Crippen molar-refractivity contribution in [3.63, 3.8) is 0 Å². The minimum atomic E-state index is -1.05. The molecule has 0 unspecified atom stereocenters. The Balaban J connectivity index is 1.70. The van der Waals surface area contributed by atoms with Gasteiger partial charge in [-0.3, -0.25) is 4.79 Å². The number of amides is 1. The number of anilines is 1. The summed E-state index contributed by atoms with van der Waals surface area (Å²) in [5, 5.41) is 16.3. The van der Waals surface area contributed by atoms with Crippen LogP contribution in [-0.2, 0) is 11.2 Å². The van der Waals surface area contributed by atoms with Gasteiger partial charge in [-0.05, 0) is 48.4 Å². The first kappa shape index (κ1) is 25.0. The summed E-state index contributed by atoms with van der Waals surface area (Å²) in [6.45, 7) is 1.85. The van der Waals surface area contributed by atoms with Crippen molar-refractivity contribution in [2.45, 2.75) is 19.4 Å². The molecule has 1 amide bonds. The van der Waals surface area contributed by atoms with E-state index < -0.39 is 17.9 Å². The Hall–Kier alpha value is -2.64. The summed E-state index contributed by atoms with van der Waals surface area (Å²) in [7, 11) is 0. The highest BCUT2D eigenvalue weighted by molar-refractivity contribution is 7.80. The third-order valence-electron chi connectivity index (χ3n) is 4.89. The molecule has 3 N–H and O–H groups in total. The van der Waals surface area contributed by atoms with Crippen molar-refractivity contribution in [2.75, 3.05) is 5.32 Å². The van der Waals surface area contributed by atoms with Crippen LogP contribution in [0.3, 0.4) is 0 Å². The van der Waals surface area contributed by atoms with E-state index in [9.17, 15) is 14.7 Å². The summed E-state index contributed by atoms with van der Waals surface area (Å²) in [6.07, 6.45) is 0.170. The fraction of sp³-hybridized carbons (Fsp3) is 0.125. The Morgan fingerprint density at radius 3 is 2.00 bits per heavy atom. The molecule has 5 nitrogen and oxygen atoms in total. The van der Waals surface area contributed by atoms with Crippen LogP contribution >= 0.6 is 47.0 Å². The normalized spacial score (nSPS) is 11.5. The van der Waals surface area contributed by atoms with Crippen molar-refractivity contribution in [2.24, 2.45) is 0 Å². The molecule has 9 heteroatoms. The quantitative estimate of drug-likeness (QED) is 0.324. The van der Waals surface area contributed by atoms with Crippen LogP contribution in [0, 0.1) is 6.92 Å². The van der Waals surface area contributed by atoms with Crippen molar-refractivity contribution >= 4 is 69.6 Å². The Kier molecular flexibility index (Phi) is 8.32. The van der Waals surface area contributed by atoms with Gasteiger partial charge < -0.3 is 15.7 Å². The van der Waals surface area contributed by atoms with Crippen molar-refractivity contribution in [3.05, 3.63) is 98.0 Å². The largest absolute Gasteiger partial charge is 0.480 e. The highest BCUT2D eigenvalue weighted by Gasteiger charge is 2.21. The van der Waals surface area contributed by atoms with E-state index >= 15 is 0 Å². The van der Waals surface area contributed by atoms with Crippen LogP contribution in [0.4, 0.5) is 5.69 Å². The summed E-state index contributed by atoms with van der Waals surface area (Å²) in [5.74, 6) is -1.49. The summed E-state index contributed by atoms with van der Waals surface area (Å²) in [6, 6.07) is 16.0. The van der Waals surface area contributed by atoms with Crippen molar-refractivity contribution in [3.8, 4) is 0 Å². The van der Waals surface area contributed by atoms with Gasteiger partial charge in [0.2, 0.25) is 0 Å². The standard InChI is InChI=1S/C24H19Cl3N2O3S/c1-13-4-2-5-16(25)20(13)23(33)29-19(24(31)32)12-14-8-10-15(11-9-14)28-22(30)21-17(26)6-3-7-18(21)27/h2-11,19H,12H2,1H3,(H,28,30)(H,29,33)(H,31,32)/t19-/m0/s1. The number of hydrogen-bond donors (Lipinski definition) is 3. The molecule has 3 rings (SSSR count). The molecule has 0 fully saturated rings. The summed E-state index contributed by atoms with van der Waals surface area (Å²) >= 11 is 23.8. The first-order valence-corrected chi connectivity index (χ1v) is 11.3. The molecule has 3 aromatic carbocycles. The fourth-order valence-electron chi connectivity index (χ4n) is 3.22. The molecule has 1 atom stereocenters. The number of carboxylic acid groups (broad SMARTS) is 1. The lowest BCUT2D eigenvalue weighted by Crippen LogP contribution is -2.42. The van der Waals surface area contributed by atoms with E-state index in [0.29, 0.717) is 16.3 Å². The SMILES string of the molecule is Cc1cccc(Cl)c1C(=S)N[C@@H](Cc1ccc(NC(=O)c2c(Cl)cccc2Cl)cc1)C(=O)O. The van der Waals surface area contributed by atoms with E-state index in [4.69, 9.17) is 47.0 Å². The van der Waals surface area contributed by atoms with Crippen LogP contribution in [0.1, 0.15) is 27.0 Å². The van der Waals surface area contributed by atoms with Gasteiger partial charge in [-0.25, -0.2) is 4.79 Å². The van der Waals surface area contributed by atoms with Crippen molar-refractivity contribution < 1.29 is 14.7 Å². The minimum Gasteiger partial charge on any atom is -0.480 e. The molecule has 0 aliphatic rings. The number of nitrogens with one attached hydrogen (secondary N) is 2. The lowest BCUT2D eigenvalue weighted by molar-refractivity contribution is -0.139. The molecular weight excluding hydrogens is 503 g/mol. The van der Waals surface area contributed by atoms with E-state index in [0.717, 1.165) is 11.1 Å². The van der Waals surface area contributed by atoms with Gasteiger partial charge in [0, 0.05) is 17.7 Å². The van der Waals surface area contributed by atoms with Gasteiger partial charge in [0.1, 0.15) is 11.0 Å². The average molecular weight is 522 g/mol. The molecule has 170 valence electrons. The molecule has 0 bridgehead atoms. The van der Waals surface area contributed by atoms with Gasteiger partial charge in [0.05, 0.1) is 20.6 Å². The molecule has 0 aliphatic carbocycles. The topological polar surface area (TPSA) is 78.4 Å². The van der Waals surface area contributed by atoms with Gasteiger partial charge in [0.15, 0.2) is 0 Å². The Morgan fingerprint density at radius 1 is 0.909 bits per heavy atom. The second-order valence-corrected chi connectivity index (χ2v) is 8.88. The van der Waals surface area contributed by atoms with Crippen LogP contribution in [0.5, 0.6) is 0 Å². The van der Waals surface area contributed by atoms with E-state index in [2.05, 4.69) is 10.6 Å². The first-order valence-electron chi connectivity index (χ1n) is 9.80. The molecular formula is C24H19Cl3N2O3S. The highest BCUT2D eigenvalue weighted by atomic mass is 35.5. The molecule has 33 heavy (non-hydrogen) atoms. The van der Waals surface area contributed by atoms with E-state index in [1.54, 1.807) is 54.6 Å². The smallest absolute Gasteiger partial charge is 0.326 e. The molecule has 0 aromatic heterocycles. The molecule has 0 saturated carbocycles. The maximum atomic E-state index is 12.5. The molecule has 0 aliphatic heterocycles. The number of rotatable bonds is 7. The van der Waals surface area contributed by atoms with Gasteiger partial charge >= 0.3 is 5.97 Å². The van der Waals surface area contributed by atoms with E-state index in [1.165, 1.54) is 0 Å². The molecule has 0 heterocycles. The maximum absolute atomic E-state index is 12.5. The summed E-state index contributed by atoms with van der Waals surface area (Å²) in [5.41, 5.74) is 2.90. The fourth-order valence-corrected chi connectivity index (χ4v) is 4.57. The van der Waals surface area contributed by atoms with Crippen molar-refractivity contribution in [1.29, 1.82) is 0 Å². The second-order valence-electron chi connectivity index (χ2n) is 7.25. The van der Waals surface area contributed by atoms with Crippen LogP contribution in [0.15, 0.2) is 60.7 Å². The van der Waals surface area contributed by atoms with Gasteiger partial charge in [0.25, 0.3) is 5.91 Å². The number of halogens is 3. The lowest BCUT2D eigenvalue weighted by Gasteiger charge is -2.18. The lowest BCUT2D eigenvalue weighted by atomic mass is 10.0. The highest BCUT2D eigenvalue weighted by Crippen LogP contribution is 2.25. The third kappa shape index (κ3) is 6.24. The number of hydrogen-bond acceptors (Lipinski definition) is 3. The van der Waals surface area contributed by atoms with E-state index in [-0.39, 0.29) is 27.0 Å². The molecule has 0 saturated heterocycles. The molecule has 0 spiro atoms. The molecule has 0 radical (unpaired) electrons.